The first kappa shape index (κ1) is 17.4. The van der Waals surface area contributed by atoms with E-state index in [4.69, 9.17) is 0 Å². The number of halogens is 1. The highest BCUT2D eigenvalue weighted by atomic mass is 19.1. The Morgan fingerprint density at radius 2 is 1.83 bits per heavy atom. The lowest BCUT2D eigenvalue weighted by molar-refractivity contribution is 0.0977. The average molecular weight is 331 g/mol. The first-order valence-electron chi connectivity index (χ1n) is 9.24. The molecule has 0 amide bonds. The van der Waals surface area contributed by atoms with E-state index < -0.39 is 0 Å². The van der Waals surface area contributed by atoms with Crippen molar-refractivity contribution in [1.29, 1.82) is 0 Å². The molecule has 0 saturated carbocycles. The third kappa shape index (κ3) is 4.37. The van der Waals surface area contributed by atoms with Gasteiger partial charge in [-0.1, -0.05) is 11.6 Å². The van der Waals surface area contributed by atoms with Gasteiger partial charge in [0.05, 0.1) is 0 Å². The van der Waals surface area contributed by atoms with Crippen LogP contribution in [0, 0.1) is 5.82 Å². The quantitative estimate of drug-likeness (QED) is 0.783. The van der Waals surface area contributed by atoms with Gasteiger partial charge >= 0.3 is 0 Å². The van der Waals surface area contributed by atoms with Crippen LogP contribution in [0.5, 0.6) is 0 Å². The minimum atomic E-state index is -0.156. The maximum absolute atomic E-state index is 13.1. The summed E-state index contributed by atoms with van der Waals surface area (Å²) >= 11 is 0. The van der Waals surface area contributed by atoms with Crippen molar-refractivity contribution in [2.24, 2.45) is 0 Å². The highest BCUT2D eigenvalue weighted by molar-refractivity contribution is 5.46. The van der Waals surface area contributed by atoms with Crippen molar-refractivity contribution in [3.05, 3.63) is 41.7 Å². The van der Waals surface area contributed by atoms with Gasteiger partial charge in [0, 0.05) is 51.0 Å². The van der Waals surface area contributed by atoms with Crippen LogP contribution in [0.4, 0.5) is 10.1 Å². The molecule has 0 unspecified atom stereocenters. The molecule has 2 heterocycles. The van der Waals surface area contributed by atoms with Gasteiger partial charge in [0.2, 0.25) is 0 Å². The number of rotatable bonds is 4. The Morgan fingerprint density at radius 1 is 1.12 bits per heavy atom. The van der Waals surface area contributed by atoms with Crippen LogP contribution in [0.1, 0.15) is 26.7 Å². The van der Waals surface area contributed by atoms with Crippen LogP contribution in [-0.2, 0) is 0 Å². The number of benzene rings is 1. The molecule has 2 fully saturated rings. The van der Waals surface area contributed by atoms with Crippen molar-refractivity contribution in [2.45, 2.75) is 32.7 Å². The maximum atomic E-state index is 13.1. The van der Waals surface area contributed by atoms with Gasteiger partial charge < -0.3 is 4.90 Å². The first-order valence-corrected chi connectivity index (χ1v) is 9.24. The summed E-state index contributed by atoms with van der Waals surface area (Å²) in [6, 6.07) is 7.61. The van der Waals surface area contributed by atoms with Crippen molar-refractivity contribution in [1.82, 2.24) is 9.80 Å². The van der Waals surface area contributed by atoms with E-state index in [0.717, 1.165) is 38.4 Å². The molecule has 0 aliphatic carbocycles. The molecule has 0 N–H and O–H groups in total. The predicted molar refractivity (Wildman–Crippen MR) is 99.1 cm³/mol. The van der Waals surface area contributed by atoms with E-state index in [1.807, 2.05) is 12.1 Å². The fourth-order valence-corrected chi connectivity index (χ4v) is 3.91. The Hall–Kier alpha value is -1.39. The number of piperidine rings is 1. The molecule has 0 spiro atoms. The molecule has 1 aromatic carbocycles. The monoisotopic (exact) mass is 331 g/mol. The van der Waals surface area contributed by atoms with Crippen LogP contribution in [0.15, 0.2) is 35.9 Å². The lowest BCUT2D eigenvalue weighted by Crippen LogP contribution is -2.55. The van der Waals surface area contributed by atoms with Gasteiger partial charge in [-0.3, -0.25) is 9.80 Å². The van der Waals surface area contributed by atoms with Crippen molar-refractivity contribution >= 4 is 5.69 Å². The number of likely N-dealkylation sites (tertiary alicyclic amines) is 1. The van der Waals surface area contributed by atoms with Crippen molar-refractivity contribution < 1.29 is 4.39 Å². The van der Waals surface area contributed by atoms with Gasteiger partial charge in [0.25, 0.3) is 0 Å². The largest absolute Gasteiger partial charge is 0.369 e. The Balaban J connectivity index is 1.51. The molecule has 0 radical (unpaired) electrons. The van der Waals surface area contributed by atoms with Crippen molar-refractivity contribution in [2.75, 3.05) is 50.7 Å². The number of allylic oxidation sites excluding steroid dienone is 1. The summed E-state index contributed by atoms with van der Waals surface area (Å²) in [6.07, 6.45) is 4.85. The Morgan fingerprint density at radius 3 is 2.50 bits per heavy atom. The van der Waals surface area contributed by atoms with E-state index in [1.165, 1.54) is 31.5 Å². The molecule has 1 aromatic rings. The Kier molecular flexibility index (Phi) is 5.90. The zero-order valence-electron chi connectivity index (χ0n) is 15.0. The average Bonchev–Trinajstić information content (AvgIpc) is 2.63. The normalized spacial score (nSPS) is 24.4. The van der Waals surface area contributed by atoms with Gasteiger partial charge in [0.1, 0.15) is 5.82 Å². The predicted octanol–water partition coefficient (Wildman–Crippen LogP) is 3.38. The van der Waals surface area contributed by atoms with E-state index in [1.54, 1.807) is 12.1 Å². The molecule has 2 aliphatic heterocycles. The second-order valence-electron chi connectivity index (χ2n) is 7.17. The summed E-state index contributed by atoms with van der Waals surface area (Å²) in [4.78, 5) is 7.65. The third-order valence-electron chi connectivity index (χ3n) is 5.47. The lowest BCUT2D eigenvalue weighted by Gasteiger charge is -2.44. The van der Waals surface area contributed by atoms with E-state index >= 15 is 0 Å². The first-order chi connectivity index (χ1) is 11.7. The second-order valence-corrected chi connectivity index (χ2v) is 7.17. The third-order valence-corrected chi connectivity index (χ3v) is 5.47. The minimum absolute atomic E-state index is 0.156. The van der Waals surface area contributed by atoms with E-state index in [9.17, 15) is 4.39 Å². The van der Waals surface area contributed by atoms with Gasteiger partial charge in [0.15, 0.2) is 0 Å². The summed E-state index contributed by atoms with van der Waals surface area (Å²) in [5.74, 6) is -0.156. The molecular weight excluding hydrogens is 301 g/mol. The summed E-state index contributed by atoms with van der Waals surface area (Å²) in [6.45, 7) is 12.2. The number of piperazine rings is 1. The number of anilines is 1. The van der Waals surface area contributed by atoms with Crippen LogP contribution in [0.2, 0.25) is 0 Å². The topological polar surface area (TPSA) is 9.72 Å². The smallest absolute Gasteiger partial charge is 0.123 e. The fourth-order valence-electron chi connectivity index (χ4n) is 3.91. The number of hydrogen-bond acceptors (Lipinski definition) is 3. The number of hydrogen-bond donors (Lipinski definition) is 0. The summed E-state index contributed by atoms with van der Waals surface area (Å²) in [7, 11) is 0. The van der Waals surface area contributed by atoms with Crippen molar-refractivity contribution in [3.8, 4) is 0 Å². The molecule has 132 valence electrons. The van der Waals surface area contributed by atoms with Gasteiger partial charge in [-0.15, -0.1) is 0 Å². The zero-order chi connectivity index (χ0) is 16.9. The molecular formula is C20H30FN3. The molecule has 0 bridgehead atoms. The van der Waals surface area contributed by atoms with Crippen LogP contribution in [0.3, 0.4) is 0 Å². The van der Waals surface area contributed by atoms with Crippen LogP contribution in [0.25, 0.3) is 0 Å². The molecule has 0 aromatic heterocycles. The van der Waals surface area contributed by atoms with E-state index in [2.05, 4.69) is 34.6 Å². The summed E-state index contributed by atoms with van der Waals surface area (Å²) in [5.41, 5.74) is 2.61. The van der Waals surface area contributed by atoms with Crippen LogP contribution < -0.4 is 4.90 Å². The van der Waals surface area contributed by atoms with Gasteiger partial charge in [-0.25, -0.2) is 4.39 Å². The fraction of sp³-hybridized carbons (Fsp3) is 0.600. The highest BCUT2D eigenvalue weighted by Gasteiger charge is 2.28. The SMILES string of the molecule is C/C=C(\C)CN1CCC[C@@H](N2CCN(c3ccc(F)cc3)CC2)C1. The van der Waals surface area contributed by atoms with E-state index in [0.29, 0.717) is 6.04 Å². The zero-order valence-corrected chi connectivity index (χ0v) is 15.0. The van der Waals surface area contributed by atoms with Gasteiger partial charge in [-0.05, 0) is 57.5 Å². The van der Waals surface area contributed by atoms with Crippen molar-refractivity contribution in [3.63, 3.8) is 0 Å². The standard InChI is InChI=1S/C20H30FN3/c1-3-17(2)15-22-10-4-5-20(16-22)24-13-11-23(12-14-24)19-8-6-18(21)7-9-19/h3,6-9,20H,4-5,10-16H2,1-2H3/b17-3+/t20-/m1/s1. The van der Waals surface area contributed by atoms with Crippen LogP contribution >= 0.6 is 0 Å². The van der Waals surface area contributed by atoms with E-state index in [-0.39, 0.29) is 5.82 Å². The molecule has 2 saturated heterocycles. The summed E-state index contributed by atoms with van der Waals surface area (Å²) < 4.78 is 13.1. The summed E-state index contributed by atoms with van der Waals surface area (Å²) in [5, 5.41) is 0. The molecule has 2 aliphatic rings. The Labute approximate surface area is 145 Å². The van der Waals surface area contributed by atoms with Gasteiger partial charge in [-0.2, -0.15) is 0 Å². The second kappa shape index (κ2) is 8.13. The minimum Gasteiger partial charge on any atom is -0.369 e. The van der Waals surface area contributed by atoms with Crippen LogP contribution in [-0.4, -0.2) is 61.7 Å². The lowest BCUT2D eigenvalue weighted by atomic mass is 10.0. The molecule has 1 atom stereocenters. The molecule has 3 rings (SSSR count). The number of nitrogens with zero attached hydrogens (tertiary/aromatic N) is 3. The highest BCUT2D eigenvalue weighted by Crippen LogP contribution is 2.21. The molecule has 3 nitrogen and oxygen atoms in total. The molecule has 4 heteroatoms. The Bertz CT molecular complexity index is 547. The molecule has 24 heavy (non-hydrogen) atoms. The maximum Gasteiger partial charge on any atom is 0.123 e.